The number of ether oxygens (including phenoxy) is 1. The van der Waals surface area contributed by atoms with Crippen LogP contribution in [0.2, 0.25) is 0 Å². The van der Waals surface area contributed by atoms with Gasteiger partial charge in [0.2, 0.25) is 5.91 Å². The highest BCUT2D eigenvalue weighted by Crippen LogP contribution is 2.38. The molecule has 6 heterocycles. The first-order valence-electron chi connectivity index (χ1n) is 12.1. The Kier molecular flexibility index (Phi) is 4.40. The van der Waals surface area contributed by atoms with Crippen LogP contribution in [0.15, 0.2) is 24.4 Å². The average Bonchev–Trinajstić information content (AvgIpc) is 3.28. The van der Waals surface area contributed by atoms with Gasteiger partial charge in [0.1, 0.15) is 17.3 Å². The molecule has 0 spiro atoms. The van der Waals surface area contributed by atoms with Gasteiger partial charge in [-0.15, -0.1) is 0 Å². The number of aromatic nitrogens is 5. The standard InChI is InChI=1S/C24H27N7O2/c32-24(31-12-17-10-16(31)13-33-17)15-2-1-9-30(11-15)20-6-5-18-23(28-20)29-22(27-18)19-7-8-25-21(26-19)14-3-4-14/h5-8,14-17H,1-4,9-13H2,(H,27,28,29)/t15-,16-,17?/m1/s1. The maximum atomic E-state index is 13.2. The molecule has 4 fully saturated rings. The normalized spacial score (nSPS) is 27.0. The van der Waals surface area contributed by atoms with Crippen LogP contribution in [-0.4, -0.2) is 74.1 Å². The van der Waals surface area contributed by atoms with E-state index in [1.165, 1.54) is 12.8 Å². The van der Waals surface area contributed by atoms with Crippen molar-refractivity contribution in [1.82, 2.24) is 29.8 Å². The number of amides is 1. The zero-order valence-electron chi connectivity index (χ0n) is 18.5. The highest BCUT2D eigenvalue weighted by Gasteiger charge is 2.43. The summed E-state index contributed by atoms with van der Waals surface area (Å²) >= 11 is 0. The van der Waals surface area contributed by atoms with Crippen molar-refractivity contribution in [1.29, 1.82) is 0 Å². The number of fused-ring (bicyclic) bond motifs is 3. The number of anilines is 1. The second kappa shape index (κ2) is 7.48. The number of aromatic amines is 1. The molecule has 4 aliphatic rings. The van der Waals surface area contributed by atoms with Crippen LogP contribution in [0.25, 0.3) is 22.7 Å². The van der Waals surface area contributed by atoms with Crippen LogP contribution in [0.5, 0.6) is 0 Å². The summed E-state index contributed by atoms with van der Waals surface area (Å²) in [5, 5.41) is 0. The van der Waals surface area contributed by atoms with Crippen LogP contribution in [0, 0.1) is 5.92 Å². The Morgan fingerprint density at radius 1 is 1.09 bits per heavy atom. The van der Waals surface area contributed by atoms with Gasteiger partial charge in [0.05, 0.1) is 30.2 Å². The van der Waals surface area contributed by atoms with Crippen molar-refractivity contribution in [3.8, 4) is 11.5 Å². The fourth-order valence-corrected chi connectivity index (χ4v) is 5.51. The van der Waals surface area contributed by atoms with E-state index >= 15 is 0 Å². The van der Waals surface area contributed by atoms with Crippen molar-refractivity contribution in [2.45, 2.75) is 50.2 Å². The molecule has 1 unspecified atom stereocenters. The Hall–Kier alpha value is -3.07. The number of hydrogen-bond donors (Lipinski definition) is 1. The lowest BCUT2D eigenvalue weighted by atomic mass is 9.96. The number of nitrogens with one attached hydrogen (secondary N) is 1. The monoisotopic (exact) mass is 445 g/mol. The first-order valence-corrected chi connectivity index (χ1v) is 12.1. The summed E-state index contributed by atoms with van der Waals surface area (Å²) in [4.78, 5) is 39.5. The summed E-state index contributed by atoms with van der Waals surface area (Å²) in [5.41, 5.74) is 2.37. The van der Waals surface area contributed by atoms with Crippen LogP contribution in [-0.2, 0) is 9.53 Å². The van der Waals surface area contributed by atoms with E-state index in [0.29, 0.717) is 24.7 Å². The molecule has 1 amide bonds. The molecule has 1 saturated carbocycles. The summed E-state index contributed by atoms with van der Waals surface area (Å²) < 4.78 is 5.67. The van der Waals surface area contributed by atoms with E-state index in [1.807, 2.05) is 24.4 Å². The molecule has 3 saturated heterocycles. The van der Waals surface area contributed by atoms with Crippen molar-refractivity contribution < 1.29 is 9.53 Å². The second-order valence-corrected chi connectivity index (χ2v) is 9.82. The van der Waals surface area contributed by atoms with Crippen LogP contribution in [0.1, 0.15) is 43.8 Å². The number of likely N-dealkylation sites (tertiary alicyclic amines) is 1. The number of pyridine rings is 1. The predicted molar refractivity (Wildman–Crippen MR) is 122 cm³/mol. The molecule has 9 heteroatoms. The van der Waals surface area contributed by atoms with Gasteiger partial charge in [0.15, 0.2) is 11.5 Å². The molecule has 1 N–H and O–H groups in total. The fraction of sp³-hybridized carbons (Fsp3) is 0.542. The average molecular weight is 446 g/mol. The van der Waals surface area contributed by atoms with Crippen molar-refractivity contribution in [2.75, 3.05) is 31.1 Å². The smallest absolute Gasteiger partial charge is 0.227 e. The predicted octanol–water partition coefficient (Wildman–Crippen LogP) is 2.51. The fourth-order valence-electron chi connectivity index (χ4n) is 5.51. The largest absolute Gasteiger partial charge is 0.374 e. The number of hydrogen-bond acceptors (Lipinski definition) is 7. The maximum Gasteiger partial charge on any atom is 0.227 e. The molecule has 3 aromatic rings. The van der Waals surface area contributed by atoms with Gasteiger partial charge in [-0.1, -0.05) is 0 Å². The van der Waals surface area contributed by atoms with Crippen molar-refractivity contribution in [2.24, 2.45) is 5.92 Å². The lowest BCUT2D eigenvalue weighted by molar-refractivity contribution is -0.140. The van der Waals surface area contributed by atoms with Crippen LogP contribution in [0.4, 0.5) is 5.82 Å². The maximum absolute atomic E-state index is 13.2. The molecule has 9 nitrogen and oxygen atoms in total. The highest BCUT2D eigenvalue weighted by atomic mass is 16.5. The van der Waals surface area contributed by atoms with Crippen molar-refractivity contribution >= 4 is 22.9 Å². The number of imidazole rings is 1. The second-order valence-electron chi connectivity index (χ2n) is 9.82. The molecular weight excluding hydrogens is 418 g/mol. The molecule has 0 aromatic carbocycles. The highest BCUT2D eigenvalue weighted by molar-refractivity contribution is 5.81. The number of rotatable bonds is 4. The van der Waals surface area contributed by atoms with E-state index in [9.17, 15) is 4.79 Å². The lowest BCUT2D eigenvalue weighted by Crippen LogP contribution is -2.49. The van der Waals surface area contributed by atoms with Gasteiger partial charge in [-0.05, 0) is 50.3 Å². The molecule has 170 valence electrons. The van der Waals surface area contributed by atoms with E-state index in [0.717, 1.165) is 61.0 Å². The third-order valence-corrected chi connectivity index (χ3v) is 7.47. The van der Waals surface area contributed by atoms with Crippen molar-refractivity contribution in [3.05, 3.63) is 30.2 Å². The Bertz CT molecular complexity index is 1220. The summed E-state index contributed by atoms with van der Waals surface area (Å²) in [5.74, 6) is 3.31. The topological polar surface area (TPSA) is 100 Å². The zero-order valence-corrected chi connectivity index (χ0v) is 18.5. The van der Waals surface area contributed by atoms with Gasteiger partial charge in [-0.25, -0.2) is 19.9 Å². The van der Waals surface area contributed by atoms with Crippen LogP contribution >= 0.6 is 0 Å². The van der Waals surface area contributed by atoms with Gasteiger partial charge >= 0.3 is 0 Å². The number of morpholine rings is 1. The van der Waals surface area contributed by atoms with Crippen LogP contribution in [0.3, 0.4) is 0 Å². The molecule has 1 aliphatic carbocycles. The van der Waals surface area contributed by atoms with E-state index in [2.05, 4.69) is 19.8 Å². The first kappa shape index (κ1) is 19.4. The summed E-state index contributed by atoms with van der Waals surface area (Å²) in [6, 6.07) is 6.22. The first-order chi connectivity index (χ1) is 16.2. The van der Waals surface area contributed by atoms with E-state index < -0.39 is 0 Å². The Morgan fingerprint density at radius 3 is 2.85 bits per heavy atom. The SMILES string of the molecule is O=C([C@@H]1CCCN(c2ccc3[nH]c(-c4ccnc(C5CC5)n4)nc3n2)C1)N1CC2C[C@@H]1CO2. The molecule has 2 bridgehead atoms. The summed E-state index contributed by atoms with van der Waals surface area (Å²) in [7, 11) is 0. The van der Waals surface area contributed by atoms with Gasteiger partial charge in [0.25, 0.3) is 0 Å². The number of carbonyl (C=O) groups is 1. The molecular formula is C24H27N7O2. The molecule has 3 atom stereocenters. The van der Waals surface area contributed by atoms with E-state index in [1.54, 1.807) is 0 Å². The Morgan fingerprint density at radius 2 is 2.03 bits per heavy atom. The molecule has 3 aliphatic heterocycles. The molecule has 3 aromatic heterocycles. The number of carbonyl (C=O) groups excluding carboxylic acids is 1. The number of piperidine rings is 1. The zero-order chi connectivity index (χ0) is 21.9. The minimum Gasteiger partial charge on any atom is -0.374 e. The number of nitrogens with zero attached hydrogens (tertiary/aromatic N) is 6. The quantitative estimate of drug-likeness (QED) is 0.659. The number of H-pyrrole nitrogens is 1. The minimum atomic E-state index is 0.0206. The van der Waals surface area contributed by atoms with E-state index in [4.69, 9.17) is 19.7 Å². The Balaban J connectivity index is 1.11. The summed E-state index contributed by atoms with van der Waals surface area (Å²) in [6.45, 7) is 3.07. The third kappa shape index (κ3) is 3.45. The molecule has 0 radical (unpaired) electrons. The van der Waals surface area contributed by atoms with Crippen LogP contribution < -0.4 is 4.90 Å². The molecule has 7 rings (SSSR count). The third-order valence-electron chi connectivity index (χ3n) is 7.47. The molecule has 33 heavy (non-hydrogen) atoms. The van der Waals surface area contributed by atoms with Gasteiger partial charge in [-0.2, -0.15) is 0 Å². The van der Waals surface area contributed by atoms with Gasteiger partial charge in [-0.3, -0.25) is 4.79 Å². The van der Waals surface area contributed by atoms with E-state index in [-0.39, 0.29) is 24.0 Å². The lowest BCUT2D eigenvalue weighted by Gasteiger charge is -2.36. The van der Waals surface area contributed by atoms with Gasteiger partial charge in [0, 0.05) is 31.7 Å². The minimum absolute atomic E-state index is 0.0206. The van der Waals surface area contributed by atoms with Crippen molar-refractivity contribution in [3.63, 3.8) is 0 Å². The van der Waals surface area contributed by atoms with Gasteiger partial charge < -0.3 is 19.5 Å². The summed E-state index contributed by atoms with van der Waals surface area (Å²) in [6.07, 6.45) is 7.32. The Labute approximate surface area is 191 Å².